The molecule has 1 nitrogen and oxygen atoms in total. The zero-order valence-electron chi connectivity index (χ0n) is 8.02. The van der Waals surface area contributed by atoms with Gasteiger partial charge < -0.3 is 5.73 Å². The summed E-state index contributed by atoms with van der Waals surface area (Å²) in [6, 6.07) is 5.15. The number of halogens is 3. The Morgan fingerprint density at radius 1 is 1.36 bits per heavy atom. The molecule has 0 aliphatic heterocycles. The third-order valence-electron chi connectivity index (χ3n) is 2.12. The molecule has 0 radical (unpaired) electrons. The van der Waals surface area contributed by atoms with Crippen LogP contribution in [0.15, 0.2) is 22.7 Å². The van der Waals surface area contributed by atoms with Crippen LogP contribution in [0.3, 0.4) is 0 Å². The third-order valence-corrected chi connectivity index (χ3v) is 2.58. The second-order valence-electron chi connectivity index (χ2n) is 3.60. The van der Waals surface area contributed by atoms with Crippen molar-refractivity contribution in [2.75, 3.05) is 0 Å². The quantitative estimate of drug-likeness (QED) is 0.872. The minimum atomic E-state index is -2.57. The van der Waals surface area contributed by atoms with Gasteiger partial charge in [-0.05, 0) is 37.1 Å². The summed E-state index contributed by atoms with van der Waals surface area (Å²) < 4.78 is 26.0. The van der Waals surface area contributed by atoms with E-state index in [9.17, 15) is 8.78 Å². The van der Waals surface area contributed by atoms with Gasteiger partial charge in [0.2, 0.25) is 0 Å². The van der Waals surface area contributed by atoms with Gasteiger partial charge in [-0.1, -0.05) is 22.0 Å². The van der Waals surface area contributed by atoms with Crippen LogP contribution < -0.4 is 5.73 Å². The Bertz CT molecular complexity index is 317. The molecule has 0 spiro atoms. The first kappa shape index (κ1) is 11.6. The Hall–Kier alpha value is -0.480. The topological polar surface area (TPSA) is 26.0 Å². The molecule has 0 aliphatic rings. The van der Waals surface area contributed by atoms with Gasteiger partial charge in [-0.15, -0.1) is 0 Å². The molecule has 2 N–H and O–H groups in total. The van der Waals surface area contributed by atoms with Gasteiger partial charge in [0.05, 0.1) is 5.54 Å². The molecule has 0 aliphatic carbocycles. The van der Waals surface area contributed by atoms with Crippen LogP contribution in [0.25, 0.3) is 0 Å². The van der Waals surface area contributed by atoms with E-state index in [1.807, 2.05) is 13.0 Å². The summed E-state index contributed by atoms with van der Waals surface area (Å²) in [5.74, 6) is 0. The van der Waals surface area contributed by atoms with Gasteiger partial charge in [-0.25, -0.2) is 8.78 Å². The van der Waals surface area contributed by atoms with E-state index in [0.717, 1.165) is 10.0 Å². The molecule has 0 saturated heterocycles. The number of rotatable bonds is 2. The molecular weight excluding hydrogens is 252 g/mol. The fourth-order valence-electron chi connectivity index (χ4n) is 1.17. The van der Waals surface area contributed by atoms with Crippen LogP contribution in [-0.2, 0) is 5.54 Å². The maximum Gasteiger partial charge on any atom is 0.260 e. The lowest BCUT2D eigenvalue weighted by molar-refractivity contribution is 0.0625. The highest BCUT2D eigenvalue weighted by Crippen LogP contribution is 2.28. The standard InChI is InChI=1S/C10H12BrF2N/c1-6-3-7(5-8(11)4-6)10(2,14)9(12)13/h3-5,9H,14H2,1-2H3. The van der Waals surface area contributed by atoms with E-state index in [1.54, 1.807) is 12.1 Å². The molecule has 0 heterocycles. The SMILES string of the molecule is Cc1cc(Br)cc(C(C)(N)C(F)F)c1. The Morgan fingerprint density at radius 3 is 2.36 bits per heavy atom. The monoisotopic (exact) mass is 263 g/mol. The van der Waals surface area contributed by atoms with Crippen LogP contribution in [0.1, 0.15) is 18.1 Å². The number of benzene rings is 1. The number of aryl methyl sites for hydroxylation is 1. The van der Waals surface area contributed by atoms with E-state index in [-0.39, 0.29) is 0 Å². The Morgan fingerprint density at radius 2 is 1.93 bits per heavy atom. The fraction of sp³-hybridized carbons (Fsp3) is 0.400. The van der Waals surface area contributed by atoms with Crippen molar-refractivity contribution < 1.29 is 8.78 Å². The number of hydrogen-bond acceptors (Lipinski definition) is 1. The van der Waals surface area contributed by atoms with Gasteiger partial charge in [0, 0.05) is 4.47 Å². The van der Waals surface area contributed by atoms with E-state index < -0.39 is 12.0 Å². The van der Waals surface area contributed by atoms with Crippen LogP contribution in [0, 0.1) is 6.92 Å². The molecule has 4 heteroatoms. The highest BCUT2D eigenvalue weighted by molar-refractivity contribution is 9.10. The zero-order valence-corrected chi connectivity index (χ0v) is 9.61. The highest BCUT2D eigenvalue weighted by atomic mass is 79.9. The van der Waals surface area contributed by atoms with E-state index in [2.05, 4.69) is 15.9 Å². The third kappa shape index (κ3) is 2.30. The van der Waals surface area contributed by atoms with Crippen molar-refractivity contribution in [1.82, 2.24) is 0 Å². The molecule has 1 aromatic carbocycles. The van der Waals surface area contributed by atoms with Gasteiger partial charge >= 0.3 is 0 Å². The summed E-state index contributed by atoms with van der Waals surface area (Å²) >= 11 is 3.25. The lowest BCUT2D eigenvalue weighted by Crippen LogP contribution is -2.40. The van der Waals surface area contributed by atoms with E-state index in [4.69, 9.17) is 5.73 Å². The van der Waals surface area contributed by atoms with Gasteiger partial charge in [-0.3, -0.25) is 0 Å². The van der Waals surface area contributed by atoms with Crippen molar-refractivity contribution >= 4 is 15.9 Å². The van der Waals surface area contributed by atoms with Crippen molar-refractivity contribution in [3.8, 4) is 0 Å². The van der Waals surface area contributed by atoms with Crippen molar-refractivity contribution in [3.63, 3.8) is 0 Å². The highest BCUT2D eigenvalue weighted by Gasteiger charge is 2.32. The zero-order chi connectivity index (χ0) is 10.9. The van der Waals surface area contributed by atoms with Crippen molar-refractivity contribution in [2.45, 2.75) is 25.8 Å². The second kappa shape index (κ2) is 3.95. The lowest BCUT2D eigenvalue weighted by atomic mass is 9.92. The van der Waals surface area contributed by atoms with E-state index in [1.165, 1.54) is 6.92 Å². The molecule has 0 aromatic heterocycles. The summed E-state index contributed by atoms with van der Waals surface area (Å²) in [5.41, 5.74) is 5.31. The molecule has 1 atom stereocenters. The molecule has 0 amide bonds. The Kier molecular flexibility index (Phi) is 3.27. The molecule has 0 bridgehead atoms. The lowest BCUT2D eigenvalue weighted by Gasteiger charge is -2.24. The van der Waals surface area contributed by atoms with Gasteiger partial charge in [0.15, 0.2) is 0 Å². The molecular formula is C10H12BrF2N. The average molecular weight is 264 g/mol. The van der Waals surface area contributed by atoms with E-state index >= 15 is 0 Å². The first-order chi connectivity index (χ1) is 6.34. The number of alkyl halides is 2. The van der Waals surface area contributed by atoms with Crippen LogP contribution in [-0.4, -0.2) is 6.43 Å². The summed E-state index contributed by atoms with van der Waals surface area (Å²) in [7, 11) is 0. The smallest absolute Gasteiger partial charge is 0.260 e. The van der Waals surface area contributed by atoms with Crippen LogP contribution in [0.5, 0.6) is 0 Å². The molecule has 1 unspecified atom stereocenters. The number of hydrogen-bond donors (Lipinski definition) is 1. The summed E-state index contributed by atoms with van der Waals surface area (Å²) in [5, 5.41) is 0. The summed E-state index contributed by atoms with van der Waals surface area (Å²) in [6.45, 7) is 3.18. The minimum Gasteiger partial charge on any atom is -0.317 e. The van der Waals surface area contributed by atoms with Gasteiger partial charge in [-0.2, -0.15) is 0 Å². The van der Waals surface area contributed by atoms with Crippen molar-refractivity contribution in [2.24, 2.45) is 5.73 Å². The maximum absolute atomic E-state index is 12.6. The van der Waals surface area contributed by atoms with E-state index in [0.29, 0.717) is 5.56 Å². The molecule has 0 fully saturated rings. The van der Waals surface area contributed by atoms with Crippen LogP contribution in [0.4, 0.5) is 8.78 Å². The Labute approximate surface area is 90.4 Å². The molecule has 14 heavy (non-hydrogen) atoms. The largest absolute Gasteiger partial charge is 0.317 e. The first-order valence-electron chi connectivity index (χ1n) is 4.18. The molecule has 1 aromatic rings. The average Bonchev–Trinajstić information content (AvgIpc) is 2.01. The minimum absolute atomic E-state index is 0.444. The van der Waals surface area contributed by atoms with Gasteiger partial charge in [0.25, 0.3) is 6.43 Å². The Balaban J connectivity index is 3.18. The first-order valence-corrected chi connectivity index (χ1v) is 4.98. The molecule has 0 saturated carbocycles. The maximum atomic E-state index is 12.6. The second-order valence-corrected chi connectivity index (χ2v) is 4.52. The van der Waals surface area contributed by atoms with Crippen LogP contribution in [0.2, 0.25) is 0 Å². The van der Waals surface area contributed by atoms with Crippen molar-refractivity contribution in [3.05, 3.63) is 33.8 Å². The van der Waals surface area contributed by atoms with Crippen molar-refractivity contribution in [1.29, 1.82) is 0 Å². The summed E-state index contributed by atoms with van der Waals surface area (Å²) in [4.78, 5) is 0. The predicted octanol–water partition coefficient (Wildman–Crippen LogP) is 3.20. The normalized spacial score (nSPS) is 15.6. The predicted molar refractivity (Wildman–Crippen MR) is 56.4 cm³/mol. The fourth-order valence-corrected chi connectivity index (χ4v) is 1.78. The number of nitrogens with two attached hydrogens (primary N) is 1. The molecule has 78 valence electrons. The van der Waals surface area contributed by atoms with Crippen LogP contribution >= 0.6 is 15.9 Å². The molecule has 1 rings (SSSR count). The van der Waals surface area contributed by atoms with Gasteiger partial charge in [0.1, 0.15) is 0 Å². The summed E-state index contributed by atoms with van der Waals surface area (Å²) in [6.07, 6.45) is -2.57.